The lowest BCUT2D eigenvalue weighted by atomic mass is 10.1. The molecule has 2 N–H and O–H groups in total. The van der Waals surface area contributed by atoms with Crippen molar-refractivity contribution in [3.63, 3.8) is 0 Å². The Labute approximate surface area is 116 Å². The Hall–Kier alpha value is -0.380. The highest BCUT2D eigenvalue weighted by molar-refractivity contribution is 7.07. The van der Waals surface area contributed by atoms with E-state index in [-0.39, 0.29) is 0 Å². The molecule has 0 aromatic carbocycles. The van der Waals surface area contributed by atoms with E-state index in [9.17, 15) is 0 Å². The first-order valence-electron chi connectivity index (χ1n) is 7.19. The van der Waals surface area contributed by atoms with Crippen molar-refractivity contribution < 1.29 is 0 Å². The maximum absolute atomic E-state index is 5.90. The van der Waals surface area contributed by atoms with E-state index in [2.05, 4.69) is 35.7 Å². The molecule has 0 saturated carbocycles. The highest BCUT2D eigenvalue weighted by atomic mass is 32.1. The van der Waals surface area contributed by atoms with Gasteiger partial charge in [-0.3, -0.25) is 4.90 Å². The quantitative estimate of drug-likeness (QED) is 0.653. The summed E-state index contributed by atoms with van der Waals surface area (Å²) in [6.45, 7) is 4.06. The summed E-state index contributed by atoms with van der Waals surface area (Å²) in [5.41, 5.74) is 7.31. The molecule has 0 bridgehead atoms. The molecule has 1 unspecified atom stereocenters. The molecule has 0 aliphatic carbocycles. The van der Waals surface area contributed by atoms with Gasteiger partial charge in [-0.15, -0.1) is 0 Å². The molecular weight excluding hydrogens is 240 g/mol. The third kappa shape index (κ3) is 5.98. The lowest BCUT2D eigenvalue weighted by Gasteiger charge is -2.26. The second-order valence-electron chi connectivity index (χ2n) is 5.14. The first-order valence-corrected chi connectivity index (χ1v) is 8.13. The molecule has 0 radical (unpaired) electrons. The lowest BCUT2D eigenvalue weighted by molar-refractivity contribution is 0.223. The van der Waals surface area contributed by atoms with Crippen molar-refractivity contribution in [3.05, 3.63) is 22.4 Å². The van der Waals surface area contributed by atoms with Crippen molar-refractivity contribution in [1.82, 2.24) is 4.90 Å². The molecule has 1 aromatic heterocycles. The SMILES string of the molecule is CCCCCCCC(CN)N(C)Cc1ccsc1. The minimum atomic E-state index is 0.534. The van der Waals surface area contributed by atoms with Gasteiger partial charge < -0.3 is 5.73 Å². The van der Waals surface area contributed by atoms with Crippen molar-refractivity contribution in [2.24, 2.45) is 5.73 Å². The summed E-state index contributed by atoms with van der Waals surface area (Å²) in [5, 5.41) is 4.37. The predicted molar refractivity (Wildman–Crippen MR) is 82.0 cm³/mol. The molecule has 18 heavy (non-hydrogen) atoms. The minimum Gasteiger partial charge on any atom is -0.329 e. The Bertz CT molecular complexity index is 285. The number of nitrogens with zero attached hydrogens (tertiary/aromatic N) is 1. The Kier molecular flexibility index (Phi) is 8.31. The number of rotatable bonds is 10. The molecule has 3 heteroatoms. The van der Waals surface area contributed by atoms with Crippen molar-refractivity contribution >= 4 is 11.3 Å². The molecule has 104 valence electrons. The lowest BCUT2D eigenvalue weighted by Crippen LogP contribution is -2.37. The van der Waals surface area contributed by atoms with E-state index in [0.29, 0.717) is 6.04 Å². The van der Waals surface area contributed by atoms with Gasteiger partial charge in [0.05, 0.1) is 0 Å². The Morgan fingerprint density at radius 3 is 2.67 bits per heavy atom. The summed E-state index contributed by atoms with van der Waals surface area (Å²) >= 11 is 1.77. The van der Waals surface area contributed by atoms with Gasteiger partial charge >= 0.3 is 0 Å². The number of hydrogen-bond donors (Lipinski definition) is 1. The Morgan fingerprint density at radius 2 is 2.06 bits per heavy atom. The predicted octanol–water partition coefficient (Wildman–Crippen LogP) is 3.87. The molecule has 0 spiro atoms. The third-order valence-electron chi connectivity index (χ3n) is 3.55. The summed E-state index contributed by atoms with van der Waals surface area (Å²) in [7, 11) is 2.20. The van der Waals surface area contributed by atoms with Crippen LogP contribution >= 0.6 is 11.3 Å². The zero-order valence-corrected chi connectivity index (χ0v) is 12.7. The molecule has 0 aliphatic heterocycles. The molecular formula is C15H28N2S. The van der Waals surface area contributed by atoms with Crippen LogP contribution in [0.2, 0.25) is 0 Å². The van der Waals surface area contributed by atoms with Crippen molar-refractivity contribution in [3.8, 4) is 0 Å². The monoisotopic (exact) mass is 268 g/mol. The molecule has 0 amide bonds. The fraction of sp³-hybridized carbons (Fsp3) is 0.733. The van der Waals surface area contributed by atoms with E-state index in [1.807, 2.05) is 0 Å². The average Bonchev–Trinajstić information content (AvgIpc) is 2.86. The number of likely N-dealkylation sites (N-methyl/N-ethyl adjacent to an activating group) is 1. The first kappa shape index (κ1) is 15.7. The third-order valence-corrected chi connectivity index (χ3v) is 4.28. The van der Waals surface area contributed by atoms with Crippen molar-refractivity contribution in [2.75, 3.05) is 13.6 Å². The maximum atomic E-state index is 5.90. The van der Waals surface area contributed by atoms with Crippen LogP contribution < -0.4 is 5.73 Å². The van der Waals surface area contributed by atoms with Crippen LogP contribution in [-0.4, -0.2) is 24.5 Å². The van der Waals surface area contributed by atoms with Crippen LogP contribution in [0.5, 0.6) is 0 Å². The molecule has 1 aromatic rings. The molecule has 2 nitrogen and oxygen atoms in total. The summed E-state index contributed by atoms with van der Waals surface area (Å²) in [5.74, 6) is 0. The van der Waals surface area contributed by atoms with E-state index >= 15 is 0 Å². The second kappa shape index (κ2) is 9.54. The zero-order chi connectivity index (χ0) is 13.2. The summed E-state index contributed by atoms with van der Waals surface area (Å²) in [4.78, 5) is 2.40. The van der Waals surface area contributed by atoms with Gasteiger partial charge in [0.1, 0.15) is 0 Å². The van der Waals surface area contributed by atoms with Gasteiger partial charge in [0.25, 0.3) is 0 Å². The highest BCUT2D eigenvalue weighted by Crippen LogP contribution is 2.14. The number of nitrogens with two attached hydrogens (primary N) is 1. The average molecular weight is 268 g/mol. The summed E-state index contributed by atoms with van der Waals surface area (Å²) in [6, 6.07) is 2.74. The second-order valence-corrected chi connectivity index (χ2v) is 5.92. The minimum absolute atomic E-state index is 0.534. The van der Waals surface area contributed by atoms with Gasteiger partial charge in [0, 0.05) is 19.1 Å². The van der Waals surface area contributed by atoms with Crippen molar-refractivity contribution in [1.29, 1.82) is 0 Å². The van der Waals surface area contributed by atoms with Gasteiger partial charge in [-0.05, 0) is 35.9 Å². The molecule has 1 heterocycles. The van der Waals surface area contributed by atoms with E-state index < -0.39 is 0 Å². The van der Waals surface area contributed by atoms with Crippen LogP contribution in [0.1, 0.15) is 51.0 Å². The highest BCUT2D eigenvalue weighted by Gasteiger charge is 2.12. The van der Waals surface area contributed by atoms with Crippen LogP contribution in [0.3, 0.4) is 0 Å². The number of unbranched alkanes of at least 4 members (excludes halogenated alkanes) is 4. The van der Waals surface area contributed by atoms with Gasteiger partial charge in [0.15, 0.2) is 0 Å². The molecule has 1 rings (SSSR count). The fourth-order valence-electron chi connectivity index (χ4n) is 2.30. The summed E-state index contributed by atoms with van der Waals surface area (Å²) in [6.07, 6.45) is 7.98. The Balaban J connectivity index is 2.22. The van der Waals surface area contributed by atoms with Crippen LogP contribution in [-0.2, 0) is 6.54 Å². The molecule has 0 saturated heterocycles. The van der Waals surface area contributed by atoms with E-state index in [1.165, 1.54) is 44.1 Å². The van der Waals surface area contributed by atoms with Gasteiger partial charge in [-0.1, -0.05) is 39.0 Å². The zero-order valence-electron chi connectivity index (χ0n) is 11.9. The van der Waals surface area contributed by atoms with E-state index in [4.69, 9.17) is 5.73 Å². The van der Waals surface area contributed by atoms with Crippen LogP contribution in [0.15, 0.2) is 16.8 Å². The first-order chi connectivity index (χ1) is 8.77. The van der Waals surface area contributed by atoms with Gasteiger partial charge in [-0.25, -0.2) is 0 Å². The van der Waals surface area contributed by atoms with E-state index in [0.717, 1.165) is 13.1 Å². The molecule has 1 atom stereocenters. The van der Waals surface area contributed by atoms with Gasteiger partial charge in [-0.2, -0.15) is 11.3 Å². The fourth-order valence-corrected chi connectivity index (χ4v) is 2.96. The number of hydrogen-bond acceptors (Lipinski definition) is 3. The van der Waals surface area contributed by atoms with Crippen LogP contribution in [0.4, 0.5) is 0 Å². The number of thiophene rings is 1. The van der Waals surface area contributed by atoms with Crippen molar-refractivity contribution in [2.45, 2.75) is 58.0 Å². The Morgan fingerprint density at radius 1 is 1.28 bits per heavy atom. The van der Waals surface area contributed by atoms with Gasteiger partial charge in [0.2, 0.25) is 0 Å². The van der Waals surface area contributed by atoms with Crippen LogP contribution in [0.25, 0.3) is 0 Å². The maximum Gasteiger partial charge on any atom is 0.0242 e. The largest absolute Gasteiger partial charge is 0.329 e. The molecule has 0 aliphatic rings. The molecule has 0 fully saturated rings. The van der Waals surface area contributed by atoms with Crippen LogP contribution in [0, 0.1) is 0 Å². The normalized spacial score (nSPS) is 13.1. The standard InChI is InChI=1S/C15H28N2S/c1-3-4-5-6-7-8-15(11-16)17(2)12-14-9-10-18-13-14/h9-10,13,15H,3-8,11-12,16H2,1-2H3. The van der Waals surface area contributed by atoms with E-state index in [1.54, 1.807) is 11.3 Å². The smallest absolute Gasteiger partial charge is 0.0242 e. The summed E-state index contributed by atoms with van der Waals surface area (Å²) < 4.78 is 0. The topological polar surface area (TPSA) is 29.3 Å².